The lowest BCUT2D eigenvalue weighted by Gasteiger charge is -2.20. The number of amides is 3. The third-order valence-corrected chi connectivity index (χ3v) is 6.06. The van der Waals surface area contributed by atoms with Crippen molar-refractivity contribution in [1.29, 1.82) is 0 Å². The summed E-state index contributed by atoms with van der Waals surface area (Å²) in [6, 6.07) is 10.3. The molecule has 32 heavy (non-hydrogen) atoms. The van der Waals surface area contributed by atoms with Crippen LogP contribution in [0.1, 0.15) is 19.3 Å². The second-order valence-electron chi connectivity index (χ2n) is 7.75. The lowest BCUT2D eigenvalue weighted by molar-refractivity contribution is -0.122. The number of methoxy groups -OCH3 is 2. The molecule has 2 saturated heterocycles. The Balaban J connectivity index is 1.45. The molecule has 2 aromatic carbocycles. The Morgan fingerprint density at radius 1 is 1.03 bits per heavy atom. The topological polar surface area (TPSA) is 88.2 Å². The number of halogens is 1. The number of carbonyl (C=O) groups excluding carboxylic acids is 3. The first-order valence-electron chi connectivity index (χ1n) is 10.3. The molecule has 0 aliphatic carbocycles. The maximum atomic E-state index is 12.8. The Bertz CT molecular complexity index is 1070. The third kappa shape index (κ3) is 4.23. The van der Waals surface area contributed by atoms with E-state index >= 15 is 0 Å². The molecule has 2 aromatic rings. The van der Waals surface area contributed by atoms with Gasteiger partial charge in [0.05, 0.1) is 36.5 Å². The fourth-order valence-corrected chi connectivity index (χ4v) is 4.36. The highest BCUT2D eigenvalue weighted by Crippen LogP contribution is 2.36. The normalized spacial score (nSPS) is 18.3. The summed E-state index contributed by atoms with van der Waals surface area (Å²) >= 11 is 6.37. The van der Waals surface area contributed by atoms with Crippen LogP contribution in [0.25, 0.3) is 0 Å². The molecule has 0 radical (unpaired) electrons. The van der Waals surface area contributed by atoms with E-state index in [1.165, 1.54) is 7.11 Å². The van der Waals surface area contributed by atoms with Crippen molar-refractivity contribution < 1.29 is 23.9 Å². The van der Waals surface area contributed by atoms with E-state index in [0.717, 1.165) is 6.42 Å². The maximum Gasteiger partial charge on any atom is 0.229 e. The molecule has 168 valence electrons. The van der Waals surface area contributed by atoms with Crippen LogP contribution in [-0.4, -0.2) is 45.0 Å². The van der Waals surface area contributed by atoms with Gasteiger partial charge in [0.25, 0.3) is 0 Å². The second-order valence-corrected chi connectivity index (χ2v) is 8.15. The van der Waals surface area contributed by atoms with Crippen molar-refractivity contribution in [1.82, 2.24) is 0 Å². The van der Waals surface area contributed by atoms with Crippen LogP contribution in [0.2, 0.25) is 5.02 Å². The number of nitrogens with one attached hydrogen (secondary N) is 1. The van der Waals surface area contributed by atoms with Gasteiger partial charge in [0.2, 0.25) is 17.7 Å². The van der Waals surface area contributed by atoms with Crippen molar-refractivity contribution in [3.8, 4) is 11.5 Å². The summed E-state index contributed by atoms with van der Waals surface area (Å²) in [5, 5.41) is 3.23. The molecule has 0 saturated carbocycles. The van der Waals surface area contributed by atoms with Crippen LogP contribution in [0.4, 0.5) is 17.1 Å². The molecule has 9 heteroatoms. The number of anilines is 3. The van der Waals surface area contributed by atoms with Crippen molar-refractivity contribution in [2.24, 2.45) is 5.92 Å². The first-order valence-corrected chi connectivity index (χ1v) is 10.7. The molecular formula is C23H24ClN3O5. The van der Waals surface area contributed by atoms with E-state index in [1.54, 1.807) is 53.3 Å². The van der Waals surface area contributed by atoms with Gasteiger partial charge in [-0.2, -0.15) is 0 Å². The quantitative estimate of drug-likeness (QED) is 0.717. The molecule has 0 bridgehead atoms. The number of rotatable bonds is 6. The molecule has 4 rings (SSSR count). The summed E-state index contributed by atoms with van der Waals surface area (Å²) in [6.45, 7) is 0.876. The lowest BCUT2D eigenvalue weighted by atomic mass is 10.1. The van der Waals surface area contributed by atoms with E-state index in [9.17, 15) is 14.4 Å². The average Bonchev–Trinajstić information content (AvgIpc) is 3.39. The fraction of sp³-hybridized carbons (Fsp3) is 0.348. The molecule has 0 aromatic heterocycles. The van der Waals surface area contributed by atoms with Gasteiger partial charge in [0.15, 0.2) is 0 Å². The Labute approximate surface area is 191 Å². The zero-order valence-electron chi connectivity index (χ0n) is 17.9. The van der Waals surface area contributed by atoms with Crippen LogP contribution >= 0.6 is 11.6 Å². The molecule has 2 aliphatic heterocycles. The molecular weight excluding hydrogens is 434 g/mol. The molecule has 3 amide bonds. The predicted molar refractivity (Wildman–Crippen MR) is 122 cm³/mol. The lowest BCUT2D eigenvalue weighted by Crippen LogP contribution is -2.28. The van der Waals surface area contributed by atoms with Crippen molar-refractivity contribution >= 4 is 46.4 Å². The van der Waals surface area contributed by atoms with E-state index in [4.69, 9.17) is 21.1 Å². The van der Waals surface area contributed by atoms with Gasteiger partial charge in [-0.3, -0.25) is 14.4 Å². The third-order valence-electron chi connectivity index (χ3n) is 5.75. The number of nitrogens with zero attached hydrogens (tertiary/aromatic N) is 2. The maximum absolute atomic E-state index is 12.8. The summed E-state index contributed by atoms with van der Waals surface area (Å²) in [5.74, 6) is 0.208. The Morgan fingerprint density at radius 3 is 2.47 bits per heavy atom. The molecule has 0 unspecified atom stereocenters. The fourth-order valence-electron chi connectivity index (χ4n) is 4.07. The van der Waals surface area contributed by atoms with E-state index in [-0.39, 0.29) is 30.7 Å². The van der Waals surface area contributed by atoms with E-state index in [0.29, 0.717) is 46.5 Å². The van der Waals surface area contributed by atoms with Crippen molar-refractivity contribution in [2.75, 3.05) is 42.4 Å². The number of hydrogen-bond acceptors (Lipinski definition) is 5. The first kappa shape index (κ1) is 22.0. The summed E-state index contributed by atoms with van der Waals surface area (Å²) in [6.07, 6.45) is 1.41. The number of ether oxygens (including phenoxy) is 2. The highest BCUT2D eigenvalue weighted by atomic mass is 35.5. The molecule has 2 fully saturated rings. The smallest absolute Gasteiger partial charge is 0.229 e. The van der Waals surface area contributed by atoms with Crippen LogP contribution in [-0.2, 0) is 14.4 Å². The Hall–Kier alpha value is -3.26. The van der Waals surface area contributed by atoms with Gasteiger partial charge in [-0.1, -0.05) is 11.6 Å². The molecule has 1 N–H and O–H groups in total. The van der Waals surface area contributed by atoms with Gasteiger partial charge >= 0.3 is 0 Å². The summed E-state index contributed by atoms with van der Waals surface area (Å²) in [7, 11) is 3.07. The summed E-state index contributed by atoms with van der Waals surface area (Å²) in [5.41, 5.74) is 1.75. The minimum absolute atomic E-state index is 0.0437. The van der Waals surface area contributed by atoms with Crippen LogP contribution in [0, 0.1) is 5.92 Å². The van der Waals surface area contributed by atoms with Crippen LogP contribution in [0.15, 0.2) is 36.4 Å². The SMILES string of the molecule is COc1ccc(N2C[C@@H](C(=O)Nc3ccc(N4CCCC4=O)c(Cl)c3)CC2=O)c(OC)c1. The average molecular weight is 458 g/mol. The zero-order valence-corrected chi connectivity index (χ0v) is 18.6. The van der Waals surface area contributed by atoms with Gasteiger partial charge in [-0.15, -0.1) is 0 Å². The van der Waals surface area contributed by atoms with Crippen molar-refractivity contribution in [2.45, 2.75) is 19.3 Å². The second kappa shape index (κ2) is 9.08. The first-order chi connectivity index (χ1) is 15.4. The van der Waals surface area contributed by atoms with Crippen LogP contribution < -0.4 is 24.6 Å². The minimum Gasteiger partial charge on any atom is -0.497 e. The minimum atomic E-state index is -0.520. The largest absolute Gasteiger partial charge is 0.497 e. The van der Waals surface area contributed by atoms with Gasteiger partial charge in [-0.05, 0) is 36.8 Å². The van der Waals surface area contributed by atoms with Gasteiger partial charge in [0, 0.05) is 37.7 Å². The molecule has 2 heterocycles. The Morgan fingerprint density at radius 2 is 1.81 bits per heavy atom. The number of hydrogen-bond donors (Lipinski definition) is 1. The molecule has 2 aliphatic rings. The van der Waals surface area contributed by atoms with Crippen molar-refractivity contribution in [3.05, 3.63) is 41.4 Å². The van der Waals surface area contributed by atoms with Gasteiger partial charge in [0.1, 0.15) is 11.5 Å². The van der Waals surface area contributed by atoms with Crippen LogP contribution in [0.3, 0.4) is 0 Å². The zero-order chi connectivity index (χ0) is 22.8. The molecule has 1 atom stereocenters. The number of benzene rings is 2. The molecule has 8 nitrogen and oxygen atoms in total. The predicted octanol–water partition coefficient (Wildman–Crippen LogP) is 3.48. The number of carbonyl (C=O) groups is 3. The summed E-state index contributed by atoms with van der Waals surface area (Å²) < 4.78 is 10.6. The molecule has 0 spiro atoms. The Kier molecular flexibility index (Phi) is 6.23. The van der Waals surface area contributed by atoms with E-state index in [1.807, 2.05) is 0 Å². The highest BCUT2D eigenvalue weighted by molar-refractivity contribution is 6.34. The summed E-state index contributed by atoms with van der Waals surface area (Å²) in [4.78, 5) is 40.7. The van der Waals surface area contributed by atoms with E-state index < -0.39 is 5.92 Å². The highest BCUT2D eigenvalue weighted by Gasteiger charge is 2.36. The van der Waals surface area contributed by atoms with Crippen LogP contribution in [0.5, 0.6) is 11.5 Å². The van der Waals surface area contributed by atoms with Gasteiger partial charge < -0.3 is 24.6 Å². The van der Waals surface area contributed by atoms with Crippen molar-refractivity contribution in [3.63, 3.8) is 0 Å². The standard InChI is InChI=1S/C23H24ClN3O5/c1-31-16-6-8-19(20(12-16)32-2)27-13-14(10-22(27)29)23(30)25-15-5-7-18(17(24)11-15)26-9-3-4-21(26)28/h5-8,11-12,14H,3-4,9-10,13H2,1-2H3,(H,25,30)/t14-/m0/s1. The van der Waals surface area contributed by atoms with Gasteiger partial charge in [-0.25, -0.2) is 0 Å². The van der Waals surface area contributed by atoms with E-state index in [2.05, 4.69) is 5.32 Å². The monoisotopic (exact) mass is 457 g/mol.